The van der Waals surface area contributed by atoms with Gasteiger partial charge in [0.15, 0.2) is 11.2 Å². The first-order valence-electron chi connectivity index (χ1n) is 6.41. The first kappa shape index (κ1) is 15.5. The van der Waals surface area contributed by atoms with Gasteiger partial charge in [0, 0.05) is 0 Å². The molecular formula is C10H14N5O5PS. The third-order valence-corrected chi connectivity index (χ3v) is 4.11. The minimum absolute atomic E-state index is 0.00609. The minimum atomic E-state index is -3.83. The Morgan fingerprint density at radius 1 is 1.64 bits per heavy atom. The standard InChI is InChI=1S/C10H14N5O5PS/c11-10-13-8-7(9(16)14-10)12-4-15(8)6-2-1-5(20-6)3-19-21(17,18)22/h4-6H,1-3H2,(H2,17,18,22)(H3,11,13,14,16)/t5-,6+/m0/s1. The predicted molar refractivity (Wildman–Crippen MR) is 80.5 cm³/mol. The molecule has 22 heavy (non-hydrogen) atoms. The van der Waals surface area contributed by atoms with Crippen molar-refractivity contribution in [1.82, 2.24) is 19.5 Å². The maximum absolute atomic E-state index is 11.7. The molecule has 0 saturated carbocycles. The second-order valence-corrected chi connectivity index (χ2v) is 7.61. The summed E-state index contributed by atoms with van der Waals surface area (Å²) in [6.45, 7) is -3.87. The summed E-state index contributed by atoms with van der Waals surface area (Å²) in [5, 5.41) is 0. The van der Waals surface area contributed by atoms with Crippen molar-refractivity contribution in [3.05, 3.63) is 16.7 Å². The van der Waals surface area contributed by atoms with Gasteiger partial charge in [-0.1, -0.05) is 12.2 Å². The van der Waals surface area contributed by atoms with Gasteiger partial charge in [0.2, 0.25) is 5.95 Å². The van der Waals surface area contributed by atoms with Gasteiger partial charge in [0.05, 0.1) is 19.0 Å². The zero-order valence-electron chi connectivity index (χ0n) is 11.2. The summed E-state index contributed by atoms with van der Waals surface area (Å²) in [5.41, 5.74) is 5.62. The van der Waals surface area contributed by atoms with Crippen LogP contribution in [0.3, 0.4) is 0 Å². The smallest absolute Gasteiger partial charge is 0.369 e. The van der Waals surface area contributed by atoms with Gasteiger partial charge in [-0.15, -0.1) is 0 Å². The van der Waals surface area contributed by atoms with Crippen molar-refractivity contribution in [2.45, 2.75) is 25.2 Å². The Morgan fingerprint density at radius 2 is 2.41 bits per heavy atom. The van der Waals surface area contributed by atoms with E-state index in [1.165, 1.54) is 6.33 Å². The highest BCUT2D eigenvalue weighted by Crippen LogP contribution is 2.47. The fourth-order valence-corrected chi connectivity index (χ4v) is 2.91. The lowest BCUT2D eigenvalue weighted by Crippen LogP contribution is -2.17. The van der Waals surface area contributed by atoms with E-state index in [2.05, 4.69) is 27.2 Å². The van der Waals surface area contributed by atoms with Gasteiger partial charge in [-0.3, -0.25) is 18.9 Å². The van der Waals surface area contributed by atoms with Crippen LogP contribution in [-0.2, 0) is 13.8 Å². The topological polar surface area (TPSA) is 145 Å². The van der Waals surface area contributed by atoms with Crippen molar-refractivity contribution < 1.29 is 18.7 Å². The SMILES string of the molecule is Nc1nc2c(ncn2[C@H]2CC[C@@H](CO[P@@](=O)(O)S)O2)c(=O)[nH]1. The summed E-state index contributed by atoms with van der Waals surface area (Å²) in [4.78, 5) is 31.2. The van der Waals surface area contributed by atoms with Crippen molar-refractivity contribution in [3.63, 3.8) is 0 Å². The van der Waals surface area contributed by atoms with E-state index in [1.807, 2.05) is 0 Å². The van der Waals surface area contributed by atoms with E-state index in [4.69, 9.17) is 19.9 Å². The van der Waals surface area contributed by atoms with Crippen LogP contribution in [0.15, 0.2) is 11.1 Å². The molecule has 1 saturated heterocycles. The second kappa shape index (κ2) is 5.67. The first-order valence-corrected chi connectivity index (χ1v) is 9.14. The number of imidazole rings is 1. The Morgan fingerprint density at radius 3 is 3.14 bits per heavy atom. The zero-order chi connectivity index (χ0) is 15.9. The number of nitrogens with one attached hydrogen (secondary N) is 1. The van der Waals surface area contributed by atoms with Crippen LogP contribution in [0.4, 0.5) is 5.95 Å². The number of hydrogen-bond acceptors (Lipinski definition) is 7. The van der Waals surface area contributed by atoms with Crippen LogP contribution in [0.2, 0.25) is 0 Å². The number of nitrogens with zero attached hydrogens (tertiary/aromatic N) is 3. The number of fused-ring (bicyclic) bond motifs is 1. The molecule has 120 valence electrons. The molecule has 0 bridgehead atoms. The zero-order valence-corrected chi connectivity index (χ0v) is 13.0. The number of hydrogen-bond donors (Lipinski definition) is 4. The average molecular weight is 347 g/mol. The molecule has 0 aliphatic carbocycles. The molecular weight excluding hydrogens is 333 g/mol. The molecule has 1 fully saturated rings. The highest BCUT2D eigenvalue weighted by atomic mass is 32.7. The van der Waals surface area contributed by atoms with E-state index in [0.29, 0.717) is 18.5 Å². The molecule has 4 N–H and O–H groups in total. The van der Waals surface area contributed by atoms with Crippen LogP contribution in [-0.4, -0.2) is 37.1 Å². The summed E-state index contributed by atoms with van der Waals surface area (Å²) in [6, 6.07) is 0. The van der Waals surface area contributed by atoms with Crippen molar-refractivity contribution in [2.75, 3.05) is 12.3 Å². The van der Waals surface area contributed by atoms with Gasteiger partial charge in [-0.25, -0.2) is 9.55 Å². The van der Waals surface area contributed by atoms with E-state index in [1.54, 1.807) is 4.57 Å². The third-order valence-electron chi connectivity index (χ3n) is 3.27. The molecule has 1 aliphatic heterocycles. The summed E-state index contributed by atoms with van der Waals surface area (Å²) in [5.74, 6) is -0.00609. The lowest BCUT2D eigenvalue weighted by atomic mass is 10.2. The molecule has 10 nitrogen and oxygen atoms in total. The average Bonchev–Trinajstić information content (AvgIpc) is 3.01. The van der Waals surface area contributed by atoms with Crippen LogP contribution in [0.25, 0.3) is 11.2 Å². The molecule has 3 heterocycles. The highest BCUT2D eigenvalue weighted by Gasteiger charge is 2.30. The van der Waals surface area contributed by atoms with Gasteiger partial charge in [-0.05, 0) is 12.8 Å². The Bertz CT molecular complexity index is 801. The minimum Gasteiger partial charge on any atom is -0.369 e. The molecule has 3 rings (SSSR count). The van der Waals surface area contributed by atoms with Crippen LogP contribution in [0.5, 0.6) is 0 Å². The molecule has 12 heteroatoms. The van der Waals surface area contributed by atoms with Gasteiger partial charge < -0.3 is 15.4 Å². The maximum atomic E-state index is 11.7. The van der Waals surface area contributed by atoms with Crippen LogP contribution >= 0.6 is 19.0 Å². The number of aromatic nitrogens is 4. The van der Waals surface area contributed by atoms with E-state index in [9.17, 15) is 9.36 Å². The number of ether oxygens (including phenoxy) is 1. The number of nitrogens with two attached hydrogens (primary N) is 1. The molecule has 0 unspecified atom stereocenters. The van der Waals surface area contributed by atoms with Crippen molar-refractivity contribution in [2.24, 2.45) is 0 Å². The van der Waals surface area contributed by atoms with Crippen molar-refractivity contribution in [1.29, 1.82) is 0 Å². The van der Waals surface area contributed by atoms with Gasteiger partial charge in [-0.2, -0.15) is 4.98 Å². The fourth-order valence-electron chi connectivity index (χ4n) is 2.35. The lowest BCUT2D eigenvalue weighted by Gasteiger charge is -2.15. The molecule has 1 aliphatic rings. The first-order chi connectivity index (χ1) is 10.3. The Balaban J connectivity index is 1.79. The van der Waals surface area contributed by atoms with Crippen LogP contribution in [0, 0.1) is 0 Å². The number of nitrogen functional groups attached to an aromatic ring is 1. The molecule has 0 radical (unpaired) electrons. The molecule has 0 spiro atoms. The van der Waals surface area contributed by atoms with Gasteiger partial charge in [0.1, 0.15) is 6.23 Å². The molecule has 2 aromatic rings. The Labute approximate surface area is 129 Å². The fraction of sp³-hybridized carbons (Fsp3) is 0.500. The molecule has 0 amide bonds. The summed E-state index contributed by atoms with van der Waals surface area (Å²) >= 11 is 3.44. The Hall–Kier alpha value is -1.39. The maximum Gasteiger partial charge on any atom is 0.383 e. The van der Waals surface area contributed by atoms with E-state index < -0.39 is 18.6 Å². The van der Waals surface area contributed by atoms with E-state index in [0.717, 1.165) is 0 Å². The Kier molecular flexibility index (Phi) is 4.00. The van der Waals surface area contributed by atoms with E-state index in [-0.39, 0.29) is 24.2 Å². The third kappa shape index (κ3) is 3.18. The lowest BCUT2D eigenvalue weighted by molar-refractivity contribution is -0.0166. The van der Waals surface area contributed by atoms with Crippen LogP contribution in [0.1, 0.15) is 19.1 Å². The number of H-pyrrole nitrogens is 1. The number of thiol groups is 1. The normalized spacial score (nSPS) is 24.6. The monoisotopic (exact) mass is 347 g/mol. The number of rotatable bonds is 4. The van der Waals surface area contributed by atoms with E-state index >= 15 is 0 Å². The van der Waals surface area contributed by atoms with Crippen molar-refractivity contribution >= 4 is 36.2 Å². The van der Waals surface area contributed by atoms with Gasteiger partial charge >= 0.3 is 6.80 Å². The predicted octanol–water partition coefficient (Wildman–Crippen LogP) is 0.426. The summed E-state index contributed by atoms with van der Waals surface area (Å²) < 4.78 is 23.1. The number of anilines is 1. The van der Waals surface area contributed by atoms with Crippen LogP contribution < -0.4 is 11.3 Å². The quantitative estimate of drug-likeness (QED) is 0.460. The molecule has 3 atom stereocenters. The van der Waals surface area contributed by atoms with Gasteiger partial charge in [0.25, 0.3) is 5.56 Å². The van der Waals surface area contributed by atoms with Crippen molar-refractivity contribution in [3.8, 4) is 0 Å². The highest BCUT2D eigenvalue weighted by molar-refractivity contribution is 8.44. The summed E-state index contributed by atoms with van der Waals surface area (Å²) in [7, 11) is 0. The second-order valence-electron chi connectivity index (χ2n) is 4.85. The molecule has 0 aromatic carbocycles. The number of aromatic amines is 1. The largest absolute Gasteiger partial charge is 0.383 e. The molecule has 2 aromatic heterocycles. The summed E-state index contributed by atoms with van der Waals surface area (Å²) in [6.07, 6.45) is 1.95.